The molecular weight excluding hydrogens is 279 g/mol. The summed E-state index contributed by atoms with van der Waals surface area (Å²) >= 11 is 0. The summed E-state index contributed by atoms with van der Waals surface area (Å²) in [4.78, 5) is 0. The van der Waals surface area contributed by atoms with Gasteiger partial charge >= 0.3 is 7.12 Å². The molecule has 0 heterocycles. The van der Waals surface area contributed by atoms with Crippen molar-refractivity contribution in [3.05, 3.63) is 11.5 Å². The molecule has 0 saturated heterocycles. The Morgan fingerprint density at radius 2 is 1.86 bits per heavy atom. The minimum atomic E-state index is -1.88. The summed E-state index contributed by atoms with van der Waals surface area (Å²) < 4.78 is 6.48. The van der Waals surface area contributed by atoms with Crippen molar-refractivity contribution in [3.8, 4) is 11.8 Å². The lowest BCUT2D eigenvalue weighted by atomic mass is 9.78. The van der Waals surface area contributed by atoms with Crippen LogP contribution in [0.15, 0.2) is 11.5 Å². The van der Waals surface area contributed by atoms with Crippen molar-refractivity contribution in [1.82, 2.24) is 0 Å². The maximum absolute atomic E-state index is 9.22. The molecule has 0 saturated carbocycles. The fraction of sp³-hybridized carbons (Fsp3) is 0.750. The average molecular weight is 310 g/mol. The van der Waals surface area contributed by atoms with Gasteiger partial charge in [-0.15, -0.1) is 11.8 Å². The summed E-state index contributed by atoms with van der Waals surface area (Å²) in [5, 5.41) is 18.6. The first-order valence-corrected chi connectivity index (χ1v) is 10.4. The fourth-order valence-corrected chi connectivity index (χ4v) is 3.11. The molecule has 3 nitrogen and oxygen atoms in total. The van der Waals surface area contributed by atoms with Crippen LogP contribution in [0.5, 0.6) is 0 Å². The maximum atomic E-state index is 9.22. The van der Waals surface area contributed by atoms with Crippen molar-refractivity contribution in [3.63, 3.8) is 0 Å². The highest BCUT2D eigenvalue weighted by molar-refractivity contribution is 6.74. The highest BCUT2D eigenvalue weighted by Crippen LogP contribution is 2.38. The normalized spacial score (nSPS) is 16.0. The molecule has 0 unspecified atom stereocenters. The standard InChI is InChI=1S/C16H31BO3Si/c1-9-10-11-15(13(2)12-14(3)17(18)19)20-21(7,8)16(4,5)6/h12-13,15,18-19H,11H2,1-8H3/b14-12+/t13-,15-/m1/s1. The highest BCUT2D eigenvalue weighted by atomic mass is 28.4. The van der Waals surface area contributed by atoms with Gasteiger partial charge in [-0.3, -0.25) is 0 Å². The van der Waals surface area contributed by atoms with Gasteiger partial charge in [0.1, 0.15) is 0 Å². The van der Waals surface area contributed by atoms with E-state index in [0.717, 1.165) is 0 Å². The Balaban J connectivity index is 5.20. The van der Waals surface area contributed by atoms with Gasteiger partial charge in [-0.05, 0) is 43.4 Å². The van der Waals surface area contributed by atoms with Crippen LogP contribution in [0, 0.1) is 17.8 Å². The third kappa shape index (κ3) is 6.84. The minimum Gasteiger partial charge on any atom is -0.423 e. The lowest BCUT2D eigenvalue weighted by molar-refractivity contribution is 0.150. The van der Waals surface area contributed by atoms with E-state index in [-0.39, 0.29) is 17.1 Å². The van der Waals surface area contributed by atoms with Crippen molar-refractivity contribution in [1.29, 1.82) is 0 Å². The molecule has 0 fully saturated rings. The van der Waals surface area contributed by atoms with E-state index in [1.54, 1.807) is 6.92 Å². The van der Waals surface area contributed by atoms with E-state index in [9.17, 15) is 10.0 Å². The van der Waals surface area contributed by atoms with Crippen LogP contribution in [0.4, 0.5) is 0 Å². The van der Waals surface area contributed by atoms with Gasteiger partial charge in [0.05, 0.1) is 6.10 Å². The van der Waals surface area contributed by atoms with Crippen molar-refractivity contribution in [2.45, 2.75) is 72.2 Å². The fourth-order valence-electron chi connectivity index (χ4n) is 1.70. The Bertz CT molecular complexity index is 413. The van der Waals surface area contributed by atoms with E-state index < -0.39 is 15.4 Å². The highest BCUT2D eigenvalue weighted by Gasteiger charge is 2.39. The molecule has 0 aromatic heterocycles. The molecule has 0 aromatic rings. The largest absolute Gasteiger partial charge is 0.483 e. The average Bonchev–Trinajstić information content (AvgIpc) is 2.32. The van der Waals surface area contributed by atoms with Gasteiger partial charge in [0.15, 0.2) is 8.32 Å². The van der Waals surface area contributed by atoms with Gasteiger partial charge in [0, 0.05) is 6.42 Å². The van der Waals surface area contributed by atoms with E-state index in [2.05, 4.69) is 45.7 Å². The molecule has 0 aliphatic carbocycles. The van der Waals surface area contributed by atoms with E-state index in [4.69, 9.17) is 4.43 Å². The van der Waals surface area contributed by atoms with Crippen LogP contribution < -0.4 is 0 Å². The van der Waals surface area contributed by atoms with Crippen LogP contribution in [0.25, 0.3) is 0 Å². The third-order valence-corrected chi connectivity index (χ3v) is 8.76. The smallest absolute Gasteiger partial charge is 0.423 e. The lowest BCUT2D eigenvalue weighted by Gasteiger charge is -2.40. The lowest BCUT2D eigenvalue weighted by Crippen LogP contribution is -2.45. The van der Waals surface area contributed by atoms with Gasteiger partial charge in [-0.1, -0.05) is 33.8 Å². The number of rotatable bonds is 6. The molecular formula is C16H31BO3Si. The summed E-state index contributed by atoms with van der Waals surface area (Å²) in [6.45, 7) is 16.7. The molecule has 0 aliphatic rings. The van der Waals surface area contributed by atoms with Crippen LogP contribution in [0.1, 0.15) is 48.0 Å². The predicted octanol–water partition coefficient (Wildman–Crippen LogP) is 3.38. The summed E-state index contributed by atoms with van der Waals surface area (Å²) in [6.07, 6.45) is 2.52. The molecule has 0 amide bonds. The molecule has 2 N–H and O–H groups in total. The molecule has 0 aromatic carbocycles. The van der Waals surface area contributed by atoms with Crippen LogP contribution in [0.3, 0.4) is 0 Å². The van der Waals surface area contributed by atoms with E-state index in [0.29, 0.717) is 11.9 Å². The van der Waals surface area contributed by atoms with Gasteiger partial charge < -0.3 is 14.5 Å². The summed E-state index contributed by atoms with van der Waals surface area (Å²) in [5.74, 6) is 6.10. The minimum absolute atomic E-state index is 0.0213. The molecule has 0 radical (unpaired) electrons. The van der Waals surface area contributed by atoms with Crippen molar-refractivity contribution >= 4 is 15.4 Å². The van der Waals surface area contributed by atoms with Crippen molar-refractivity contribution in [2.24, 2.45) is 5.92 Å². The van der Waals surface area contributed by atoms with E-state index in [1.807, 2.05) is 19.9 Å². The third-order valence-electron chi connectivity index (χ3n) is 4.25. The zero-order valence-corrected chi connectivity index (χ0v) is 15.8. The molecule has 2 atom stereocenters. The first-order chi connectivity index (χ1) is 9.42. The Labute approximate surface area is 132 Å². The Morgan fingerprint density at radius 3 is 2.24 bits per heavy atom. The van der Waals surface area contributed by atoms with Crippen LogP contribution >= 0.6 is 0 Å². The molecule has 0 bridgehead atoms. The molecule has 0 rings (SSSR count). The number of hydrogen-bond acceptors (Lipinski definition) is 3. The van der Waals surface area contributed by atoms with Crippen LogP contribution in [0.2, 0.25) is 18.1 Å². The number of allylic oxidation sites excluding steroid dienone is 1. The topological polar surface area (TPSA) is 49.7 Å². The number of hydrogen-bond donors (Lipinski definition) is 2. The van der Waals surface area contributed by atoms with Gasteiger partial charge in [0.25, 0.3) is 0 Å². The molecule has 120 valence electrons. The summed E-state index contributed by atoms with van der Waals surface area (Å²) in [7, 11) is -3.29. The quantitative estimate of drug-likeness (QED) is 0.584. The van der Waals surface area contributed by atoms with Crippen LogP contribution in [-0.2, 0) is 4.43 Å². The first kappa shape index (κ1) is 20.5. The van der Waals surface area contributed by atoms with Crippen molar-refractivity contribution < 1.29 is 14.5 Å². The predicted molar refractivity (Wildman–Crippen MR) is 93.2 cm³/mol. The van der Waals surface area contributed by atoms with Gasteiger partial charge in [0.2, 0.25) is 0 Å². The Morgan fingerprint density at radius 1 is 1.33 bits per heavy atom. The zero-order chi connectivity index (χ0) is 16.8. The van der Waals surface area contributed by atoms with Gasteiger partial charge in [-0.2, -0.15) is 0 Å². The van der Waals surface area contributed by atoms with Gasteiger partial charge in [-0.25, -0.2) is 0 Å². The second-order valence-corrected chi connectivity index (χ2v) is 11.9. The van der Waals surface area contributed by atoms with Crippen molar-refractivity contribution in [2.75, 3.05) is 0 Å². The van der Waals surface area contributed by atoms with E-state index >= 15 is 0 Å². The second-order valence-electron chi connectivity index (χ2n) is 7.19. The summed E-state index contributed by atoms with van der Waals surface area (Å²) in [6, 6.07) is 0. The molecule has 0 spiro atoms. The molecule has 0 aliphatic heterocycles. The first-order valence-electron chi connectivity index (χ1n) is 7.54. The second kappa shape index (κ2) is 8.19. The Hall–Kier alpha value is -0.538. The molecule has 5 heteroatoms. The van der Waals surface area contributed by atoms with E-state index in [1.165, 1.54) is 0 Å². The SMILES string of the molecule is CC#CC[C@@H](O[Si](C)(C)C(C)(C)C)[C@H](C)/C=C(\C)B(O)O. The monoisotopic (exact) mass is 310 g/mol. The maximum Gasteiger partial charge on any atom is 0.483 e. The zero-order valence-electron chi connectivity index (χ0n) is 14.8. The summed E-state index contributed by atoms with van der Waals surface area (Å²) in [5.41, 5.74) is 0.552. The van der Waals surface area contributed by atoms with Crippen LogP contribution in [-0.4, -0.2) is 31.6 Å². The Kier molecular flexibility index (Phi) is 7.98. The molecule has 21 heavy (non-hydrogen) atoms.